The van der Waals surface area contributed by atoms with E-state index in [1.165, 1.54) is 5.56 Å². The van der Waals surface area contributed by atoms with Gasteiger partial charge in [0.05, 0.1) is 23.4 Å². The Hall–Kier alpha value is -4.90. The summed E-state index contributed by atoms with van der Waals surface area (Å²) in [5.74, 6) is 0.945. The molecule has 238 valence electrons. The number of nitrogens with zero attached hydrogens (tertiary/aromatic N) is 4. The van der Waals surface area contributed by atoms with Gasteiger partial charge in [-0.3, -0.25) is 10.1 Å². The molecule has 8 nitrogen and oxygen atoms in total. The maximum Gasteiger partial charge on any atom is 0.324 e. The Labute approximate surface area is 272 Å². The average molecular weight is 617 g/mol. The molecule has 0 aliphatic carbocycles. The summed E-state index contributed by atoms with van der Waals surface area (Å²) in [5.41, 5.74) is 6.19. The second-order valence-corrected chi connectivity index (χ2v) is 13.4. The van der Waals surface area contributed by atoms with E-state index in [1.54, 1.807) is 4.68 Å². The molecule has 0 spiro atoms. The van der Waals surface area contributed by atoms with Crippen molar-refractivity contribution in [3.05, 3.63) is 107 Å². The van der Waals surface area contributed by atoms with Gasteiger partial charge in [0.15, 0.2) is 0 Å². The Morgan fingerprint density at radius 3 is 2.39 bits per heavy atom. The Kier molecular flexibility index (Phi) is 9.91. The highest BCUT2D eigenvalue weighted by molar-refractivity contribution is 5.99. The van der Waals surface area contributed by atoms with Gasteiger partial charge in [-0.2, -0.15) is 10.4 Å². The summed E-state index contributed by atoms with van der Waals surface area (Å²) in [6, 6.07) is 27.4. The van der Waals surface area contributed by atoms with Crippen LogP contribution < -0.4 is 10.6 Å². The minimum Gasteiger partial charge on any atom is -0.339 e. The average Bonchev–Trinajstić information content (AvgIpc) is 3.48. The molecule has 2 N–H and O–H groups in total. The number of hydrogen-bond acceptors (Lipinski definition) is 4. The molecule has 5 rings (SSSR count). The van der Waals surface area contributed by atoms with Crippen molar-refractivity contribution in [2.45, 2.75) is 71.6 Å². The zero-order valence-corrected chi connectivity index (χ0v) is 27.5. The highest BCUT2D eigenvalue weighted by atomic mass is 16.2. The highest BCUT2D eigenvalue weighted by Crippen LogP contribution is 2.28. The summed E-state index contributed by atoms with van der Waals surface area (Å²) < 4.78 is 1.78. The Morgan fingerprint density at radius 1 is 0.978 bits per heavy atom. The van der Waals surface area contributed by atoms with Crippen LogP contribution in [-0.2, 0) is 11.8 Å². The van der Waals surface area contributed by atoms with Crippen molar-refractivity contribution in [1.82, 2.24) is 14.7 Å². The summed E-state index contributed by atoms with van der Waals surface area (Å²) in [6.07, 6.45) is 3.86. The SMILES string of the molecule is Cc1ccc(-n2nc(C(C)(C)C)cc2NC(=O)Nc2cccc(CCC3CCN(C(=O)c4cccc([C@H](C)C#N)c4)CC3)c2)cc1. The third-order valence-electron chi connectivity index (χ3n) is 8.75. The maximum absolute atomic E-state index is 13.1. The van der Waals surface area contributed by atoms with Gasteiger partial charge in [-0.15, -0.1) is 0 Å². The van der Waals surface area contributed by atoms with E-state index in [0.29, 0.717) is 17.3 Å². The number of urea groups is 1. The summed E-state index contributed by atoms with van der Waals surface area (Å²) in [5, 5.41) is 20.1. The molecular weight excluding hydrogens is 572 g/mol. The number of anilines is 2. The topological polar surface area (TPSA) is 103 Å². The minimum absolute atomic E-state index is 0.0408. The highest BCUT2D eigenvalue weighted by Gasteiger charge is 2.25. The molecule has 0 saturated carbocycles. The quantitative estimate of drug-likeness (QED) is 0.208. The molecule has 0 unspecified atom stereocenters. The smallest absolute Gasteiger partial charge is 0.324 e. The van der Waals surface area contributed by atoms with Gasteiger partial charge >= 0.3 is 6.03 Å². The van der Waals surface area contributed by atoms with Gasteiger partial charge in [0.2, 0.25) is 0 Å². The van der Waals surface area contributed by atoms with Crippen molar-refractivity contribution < 1.29 is 9.59 Å². The van der Waals surface area contributed by atoms with Crippen LogP contribution in [-0.4, -0.2) is 39.7 Å². The molecule has 1 aromatic heterocycles. The number of piperidine rings is 1. The van der Waals surface area contributed by atoms with Crippen LogP contribution >= 0.6 is 0 Å². The summed E-state index contributed by atoms with van der Waals surface area (Å²) >= 11 is 0. The van der Waals surface area contributed by atoms with Crippen LogP contribution in [0.2, 0.25) is 0 Å². The van der Waals surface area contributed by atoms with E-state index in [1.807, 2.05) is 91.5 Å². The van der Waals surface area contributed by atoms with Gasteiger partial charge in [0.25, 0.3) is 5.91 Å². The standard InChI is InChI=1S/C38H44N6O2/c1-26-12-16-33(17-13-26)44-35(24-34(42-44)38(3,4)5)41-37(46)40-32-11-6-8-29(22-32)15-14-28-18-20-43(21-19-28)36(45)31-10-7-9-30(23-31)27(2)25-39/h6-13,16-17,22-24,27-28H,14-15,18-21H2,1-5H3,(H2,40,41,46)/t27-/m1/s1. The summed E-state index contributed by atoms with van der Waals surface area (Å²) in [7, 11) is 0. The van der Waals surface area contributed by atoms with E-state index in [2.05, 4.69) is 43.5 Å². The fourth-order valence-corrected chi connectivity index (χ4v) is 5.80. The molecule has 4 aromatic rings. The lowest BCUT2D eigenvalue weighted by Crippen LogP contribution is -2.38. The molecule has 2 heterocycles. The van der Waals surface area contributed by atoms with Crippen LogP contribution in [0.5, 0.6) is 0 Å². The number of benzene rings is 3. The Bertz CT molecular complexity index is 1720. The van der Waals surface area contributed by atoms with Crippen LogP contribution in [0.1, 0.15) is 85.6 Å². The Morgan fingerprint density at radius 2 is 1.70 bits per heavy atom. The first-order chi connectivity index (χ1) is 22.0. The van der Waals surface area contributed by atoms with E-state index in [0.717, 1.165) is 67.0 Å². The van der Waals surface area contributed by atoms with Gasteiger partial charge in [-0.25, -0.2) is 9.48 Å². The van der Waals surface area contributed by atoms with E-state index >= 15 is 0 Å². The number of carbonyl (C=O) groups is 2. The molecule has 1 fully saturated rings. The second-order valence-electron chi connectivity index (χ2n) is 13.4. The molecule has 1 aliphatic rings. The number of aryl methyl sites for hydroxylation is 2. The molecule has 3 aromatic carbocycles. The van der Waals surface area contributed by atoms with Crippen molar-refractivity contribution in [2.75, 3.05) is 23.7 Å². The molecule has 1 aliphatic heterocycles. The lowest BCUT2D eigenvalue weighted by atomic mass is 9.90. The van der Waals surface area contributed by atoms with E-state index < -0.39 is 0 Å². The maximum atomic E-state index is 13.1. The Balaban J connectivity index is 1.15. The van der Waals surface area contributed by atoms with Crippen molar-refractivity contribution in [2.24, 2.45) is 5.92 Å². The molecular formula is C38H44N6O2. The molecule has 46 heavy (non-hydrogen) atoms. The van der Waals surface area contributed by atoms with E-state index in [4.69, 9.17) is 5.10 Å². The van der Waals surface area contributed by atoms with Gasteiger partial charge in [0.1, 0.15) is 5.82 Å². The van der Waals surface area contributed by atoms with Crippen molar-refractivity contribution >= 4 is 23.4 Å². The third kappa shape index (κ3) is 8.02. The first-order valence-corrected chi connectivity index (χ1v) is 16.1. The molecule has 0 bridgehead atoms. The van der Waals surface area contributed by atoms with Crippen LogP contribution in [0.3, 0.4) is 0 Å². The number of aromatic nitrogens is 2. The predicted molar refractivity (Wildman–Crippen MR) is 184 cm³/mol. The van der Waals surface area contributed by atoms with Crippen LogP contribution in [0.4, 0.5) is 16.3 Å². The fourth-order valence-electron chi connectivity index (χ4n) is 5.80. The minimum atomic E-state index is -0.324. The first-order valence-electron chi connectivity index (χ1n) is 16.1. The van der Waals surface area contributed by atoms with Gasteiger partial charge in [0, 0.05) is 35.8 Å². The normalized spacial score (nSPS) is 14.4. The molecule has 1 saturated heterocycles. The summed E-state index contributed by atoms with van der Waals surface area (Å²) in [6.45, 7) is 11.7. The monoisotopic (exact) mass is 616 g/mol. The zero-order chi connectivity index (χ0) is 32.8. The predicted octanol–water partition coefficient (Wildman–Crippen LogP) is 8.23. The molecule has 0 radical (unpaired) electrons. The fraction of sp³-hybridized carbons (Fsp3) is 0.368. The molecule has 8 heteroatoms. The lowest BCUT2D eigenvalue weighted by Gasteiger charge is -2.32. The number of nitrogens with one attached hydrogen (secondary N) is 2. The first kappa shape index (κ1) is 32.5. The number of likely N-dealkylation sites (tertiary alicyclic amines) is 1. The summed E-state index contributed by atoms with van der Waals surface area (Å²) in [4.78, 5) is 28.2. The number of amides is 3. The second kappa shape index (κ2) is 14.0. The third-order valence-corrected chi connectivity index (χ3v) is 8.75. The number of hydrogen-bond donors (Lipinski definition) is 2. The van der Waals surface area contributed by atoms with Gasteiger partial charge in [-0.1, -0.05) is 62.7 Å². The number of rotatable bonds is 8. The van der Waals surface area contributed by atoms with Gasteiger partial charge in [-0.05, 0) is 93.0 Å². The van der Waals surface area contributed by atoms with Gasteiger partial charge < -0.3 is 10.2 Å². The van der Waals surface area contributed by atoms with Crippen LogP contribution in [0.15, 0.2) is 78.9 Å². The van der Waals surface area contributed by atoms with Crippen molar-refractivity contribution in [3.8, 4) is 11.8 Å². The number of carbonyl (C=O) groups excluding carboxylic acids is 2. The lowest BCUT2D eigenvalue weighted by molar-refractivity contribution is 0.0686. The van der Waals surface area contributed by atoms with Crippen molar-refractivity contribution in [1.29, 1.82) is 5.26 Å². The van der Waals surface area contributed by atoms with Crippen LogP contribution in [0, 0.1) is 24.2 Å². The molecule has 3 amide bonds. The van der Waals surface area contributed by atoms with E-state index in [-0.39, 0.29) is 23.3 Å². The zero-order valence-electron chi connectivity index (χ0n) is 27.5. The largest absolute Gasteiger partial charge is 0.339 e. The van der Waals surface area contributed by atoms with Crippen molar-refractivity contribution in [3.63, 3.8) is 0 Å². The van der Waals surface area contributed by atoms with E-state index in [9.17, 15) is 14.9 Å². The molecule has 1 atom stereocenters. The van der Waals surface area contributed by atoms with Crippen LogP contribution in [0.25, 0.3) is 5.69 Å². The number of nitriles is 1.